The van der Waals surface area contributed by atoms with Gasteiger partial charge in [0, 0.05) is 26.2 Å². The first-order valence-corrected chi connectivity index (χ1v) is 2.56. The molecule has 0 aliphatic carbocycles. The standard InChI is InChI=1S/C5H10N2/c1-7-4-2-6-3-5-7/h4H,2-3,5H2,1H3. The van der Waals surface area contributed by atoms with Crippen LogP contribution in [0.2, 0.25) is 0 Å². The van der Waals surface area contributed by atoms with Gasteiger partial charge in [-0.2, -0.15) is 0 Å². The highest BCUT2D eigenvalue weighted by atomic mass is 15.2. The van der Waals surface area contributed by atoms with Crippen LogP contribution in [0.3, 0.4) is 0 Å². The van der Waals surface area contributed by atoms with E-state index in [1.165, 1.54) is 0 Å². The van der Waals surface area contributed by atoms with Crippen molar-refractivity contribution in [1.29, 1.82) is 0 Å². The quantitative estimate of drug-likeness (QED) is 0.406. The smallest absolute Gasteiger partial charge is 0.0403 e. The van der Waals surface area contributed by atoms with Crippen LogP contribution in [-0.2, 0) is 0 Å². The first-order chi connectivity index (χ1) is 3.39. The molecule has 0 N–H and O–H groups in total. The summed E-state index contributed by atoms with van der Waals surface area (Å²) in [6.45, 7) is 5.12. The van der Waals surface area contributed by atoms with Crippen molar-refractivity contribution in [3.05, 3.63) is 6.54 Å². The van der Waals surface area contributed by atoms with Gasteiger partial charge in [-0.05, 0) is 7.05 Å². The lowest BCUT2D eigenvalue weighted by atomic mass is 10.4. The van der Waals surface area contributed by atoms with Gasteiger partial charge in [0.25, 0.3) is 0 Å². The van der Waals surface area contributed by atoms with Crippen LogP contribution < -0.4 is 5.32 Å². The van der Waals surface area contributed by atoms with Crippen molar-refractivity contribution in [2.75, 3.05) is 26.7 Å². The Labute approximate surface area is 44.5 Å². The number of hydrogen-bond acceptors (Lipinski definition) is 1. The Balaban J connectivity index is 2.12. The summed E-state index contributed by atoms with van der Waals surface area (Å²) < 4.78 is 0. The van der Waals surface area contributed by atoms with E-state index in [-0.39, 0.29) is 0 Å². The zero-order valence-electron chi connectivity index (χ0n) is 4.59. The fourth-order valence-electron chi connectivity index (χ4n) is 0.608. The van der Waals surface area contributed by atoms with Crippen LogP contribution in [0.5, 0.6) is 0 Å². The van der Waals surface area contributed by atoms with Crippen molar-refractivity contribution in [3.8, 4) is 0 Å². The maximum absolute atomic E-state index is 4.13. The van der Waals surface area contributed by atoms with Crippen molar-refractivity contribution in [2.45, 2.75) is 0 Å². The van der Waals surface area contributed by atoms with E-state index in [9.17, 15) is 0 Å². The number of nitrogens with zero attached hydrogens (tertiary/aromatic N) is 2. The van der Waals surface area contributed by atoms with Gasteiger partial charge < -0.3 is 0 Å². The molecule has 0 spiro atoms. The van der Waals surface area contributed by atoms with Gasteiger partial charge in [0.15, 0.2) is 0 Å². The van der Waals surface area contributed by atoms with Gasteiger partial charge in [0.2, 0.25) is 0 Å². The Hall–Kier alpha value is -0.0800. The summed E-state index contributed by atoms with van der Waals surface area (Å²) in [5, 5.41) is 4.13. The molecule has 0 aromatic carbocycles. The molecule has 1 saturated heterocycles. The van der Waals surface area contributed by atoms with Crippen molar-refractivity contribution < 1.29 is 0 Å². The fourth-order valence-corrected chi connectivity index (χ4v) is 0.608. The molecule has 0 aromatic rings. The highest BCUT2D eigenvalue weighted by Crippen LogP contribution is 1.90. The third-order valence-corrected chi connectivity index (χ3v) is 1.13. The van der Waals surface area contributed by atoms with Crippen molar-refractivity contribution in [2.24, 2.45) is 0 Å². The highest BCUT2D eigenvalue weighted by molar-refractivity contribution is 4.73. The van der Waals surface area contributed by atoms with Crippen LogP contribution in [0.25, 0.3) is 0 Å². The third kappa shape index (κ3) is 1.45. The summed E-state index contributed by atoms with van der Waals surface area (Å²) in [7, 11) is 2.08. The zero-order valence-corrected chi connectivity index (χ0v) is 4.59. The molecule has 1 aliphatic heterocycles. The lowest BCUT2D eigenvalue weighted by Gasteiger charge is -2.19. The molecular weight excluding hydrogens is 88.1 g/mol. The highest BCUT2D eigenvalue weighted by Gasteiger charge is 2.03. The van der Waals surface area contributed by atoms with Gasteiger partial charge in [0.05, 0.1) is 0 Å². The van der Waals surface area contributed by atoms with E-state index in [0.717, 1.165) is 19.6 Å². The average molecular weight is 98.1 g/mol. The van der Waals surface area contributed by atoms with Gasteiger partial charge in [-0.3, -0.25) is 4.90 Å². The second-order valence-corrected chi connectivity index (χ2v) is 1.79. The predicted octanol–water partition coefficient (Wildman–Crippen LogP) is -0.302. The van der Waals surface area contributed by atoms with Gasteiger partial charge >= 0.3 is 0 Å². The Bertz CT molecular complexity index is 48.0. The first-order valence-electron chi connectivity index (χ1n) is 2.56. The van der Waals surface area contributed by atoms with E-state index in [2.05, 4.69) is 23.8 Å². The second kappa shape index (κ2) is 2.28. The summed E-state index contributed by atoms with van der Waals surface area (Å²) in [5.41, 5.74) is 0. The molecule has 0 amide bonds. The summed E-state index contributed by atoms with van der Waals surface area (Å²) >= 11 is 0. The monoisotopic (exact) mass is 98.1 g/mol. The van der Waals surface area contributed by atoms with Gasteiger partial charge in [-0.1, -0.05) is 0 Å². The van der Waals surface area contributed by atoms with Crippen LogP contribution in [-0.4, -0.2) is 31.6 Å². The number of piperazine rings is 1. The molecule has 2 heteroatoms. The predicted molar refractivity (Wildman–Crippen MR) is 28.8 cm³/mol. The Morgan fingerprint density at radius 1 is 1.71 bits per heavy atom. The molecule has 1 aliphatic rings. The lowest BCUT2D eigenvalue weighted by molar-refractivity contribution is 0.345. The van der Waals surface area contributed by atoms with Crippen molar-refractivity contribution in [1.82, 2.24) is 10.2 Å². The molecule has 7 heavy (non-hydrogen) atoms. The molecule has 2 radical (unpaired) electrons. The molecule has 0 unspecified atom stereocenters. The van der Waals surface area contributed by atoms with Gasteiger partial charge in [-0.15, -0.1) is 0 Å². The number of hydrogen-bond donors (Lipinski definition) is 0. The molecule has 40 valence electrons. The summed E-state index contributed by atoms with van der Waals surface area (Å²) in [6.07, 6.45) is 0. The molecule has 1 fully saturated rings. The van der Waals surface area contributed by atoms with E-state index in [4.69, 9.17) is 0 Å². The van der Waals surface area contributed by atoms with Gasteiger partial charge in [0.1, 0.15) is 0 Å². The Kier molecular flexibility index (Phi) is 1.65. The lowest BCUT2D eigenvalue weighted by Crippen LogP contribution is -2.33. The molecule has 0 bridgehead atoms. The molecular formula is C5H10N2. The van der Waals surface area contributed by atoms with Crippen LogP contribution in [0.15, 0.2) is 0 Å². The minimum Gasteiger partial charge on any atom is -0.299 e. The zero-order chi connectivity index (χ0) is 5.11. The van der Waals surface area contributed by atoms with Crippen LogP contribution >= 0.6 is 0 Å². The van der Waals surface area contributed by atoms with Crippen molar-refractivity contribution >= 4 is 0 Å². The van der Waals surface area contributed by atoms with E-state index < -0.39 is 0 Å². The molecule has 2 nitrogen and oxygen atoms in total. The minimum atomic E-state index is 0.913. The van der Waals surface area contributed by atoms with Crippen molar-refractivity contribution in [3.63, 3.8) is 0 Å². The maximum Gasteiger partial charge on any atom is 0.0403 e. The Morgan fingerprint density at radius 2 is 2.57 bits per heavy atom. The van der Waals surface area contributed by atoms with Crippen LogP contribution in [0.4, 0.5) is 0 Å². The van der Waals surface area contributed by atoms with Crippen LogP contribution in [0.1, 0.15) is 0 Å². The van der Waals surface area contributed by atoms with E-state index in [1.54, 1.807) is 0 Å². The largest absolute Gasteiger partial charge is 0.299 e. The summed E-state index contributed by atoms with van der Waals surface area (Å²) in [4.78, 5) is 2.17. The Morgan fingerprint density at radius 3 is 2.86 bits per heavy atom. The summed E-state index contributed by atoms with van der Waals surface area (Å²) in [5.74, 6) is 0. The maximum atomic E-state index is 4.13. The minimum absolute atomic E-state index is 0.913. The van der Waals surface area contributed by atoms with E-state index in [1.807, 2.05) is 0 Å². The second-order valence-electron chi connectivity index (χ2n) is 1.79. The molecule has 0 aromatic heterocycles. The van der Waals surface area contributed by atoms with E-state index in [0.29, 0.717) is 0 Å². The molecule has 1 heterocycles. The van der Waals surface area contributed by atoms with Gasteiger partial charge in [-0.25, -0.2) is 5.32 Å². The van der Waals surface area contributed by atoms with Crippen LogP contribution in [0, 0.1) is 6.54 Å². The topological polar surface area (TPSA) is 17.3 Å². The number of rotatable bonds is 0. The summed E-state index contributed by atoms with van der Waals surface area (Å²) in [6, 6.07) is 0. The fraction of sp³-hybridized carbons (Fsp3) is 0.800. The molecule has 0 atom stereocenters. The third-order valence-electron chi connectivity index (χ3n) is 1.13. The number of likely N-dealkylation sites (N-methyl/N-ethyl adjacent to an activating group) is 1. The average Bonchev–Trinajstić information content (AvgIpc) is 1.69. The normalized spacial score (nSPS) is 25.3. The molecule has 1 rings (SSSR count). The van der Waals surface area contributed by atoms with E-state index >= 15 is 0 Å². The first kappa shape index (κ1) is 5.06. The molecule has 0 saturated carbocycles. The SMILES string of the molecule is CN1[CH]C[N]CC1.